The zero-order chi connectivity index (χ0) is 10.6. The van der Waals surface area contributed by atoms with Crippen molar-refractivity contribution < 1.29 is 4.74 Å². The second-order valence-corrected chi connectivity index (χ2v) is 5.49. The van der Waals surface area contributed by atoms with Crippen LogP contribution >= 0.6 is 0 Å². The van der Waals surface area contributed by atoms with Crippen molar-refractivity contribution in [2.24, 2.45) is 0 Å². The number of nitrogens with one attached hydrogen (secondary N) is 1. The normalized spacial score (nSPS) is 36.6. The molecular formula is C13H18N2O. The van der Waals surface area contributed by atoms with Crippen LogP contribution in [0.4, 0.5) is 0 Å². The molecule has 4 rings (SSSR count). The number of aryl methyl sites for hydroxylation is 2. The summed E-state index contributed by atoms with van der Waals surface area (Å²) in [5.74, 6) is 0. The van der Waals surface area contributed by atoms with Crippen molar-refractivity contribution in [3.8, 4) is 0 Å². The van der Waals surface area contributed by atoms with Gasteiger partial charge in [-0.15, -0.1) is 0 Å². The lowest BCUT2D eigenvalue weighted by atomic mass is 9.91. The lowest BCUT2D eigenvalue weighted by Gasteiger charge is -2.34. The van der Waals surface area contributed by atoms with Gasteiger partial charge in [0.15, 0.2) is 0 Å². The van der Waals surface area contributed by atoms with Crippen molar-refractivity contribution in [1.29, 1.82) is 0 Å². The Morgan fingerprint density at radius 1 is 1.50 bits per heavy atom. The summed E-state index contributed by atoms with van der Waals surface area (Å²) in [4.78, 5) is 0. The molecule has 4 heterocycles. The van der Waals surface area contributed by atoms with Crippen LogP contribution in [0.1, 0.15) is 30.5 Å². The van der Waals surface area contributed by atoms with Crippen LogP contribution in [0.3, 0.4) is 0 Å². The highest BCUT2D eigenvalue weighted by atomic mass is 16.5. The third-order valence-corrected chi connectivity index (χ3v) is 4.44. The highest BCUT2D eigenvalue weighted by Gasteiger charge is 2.44. The van der Waals surface area contributed by atoms with Crippen LogP contribution < -0.4 is 5.32 Å². The highest BCUT2D eigenvalue weighted by molar-refractivity contribution is 5.30. The maximum Gasteiger partial charge on any atom is 0.0691 e. The Hall–Kier alpha value is -0.800. The first kappa shape index (κ1) is 9.25. The molecule has 0 spiro atoms. The Kier molecular flexibility index (Phi) is 1.80. The first-order valence-electron chi connectivity index (χ1n) is 6.41. The van der Waals surface area contributed by atoms with Crippen molar-refractivity contribution in [3.63, 3.8) is 0 Å². The zero-order valence-corrected chi connectivity index (χ0v) is 9.54. The van der Waals surface area contributed by atoms with Gasteiger partial charge in [0.05, 0.1) is 18.8 Å². The molecule has 1 aromatic rings. The summed E-state index contributed by atoms with van der Waals surface area (Å²) in [7, 11) is 0. The van der Waals surface area contributed by atoms with E-state index in [2.05, 4.69) is 22.1 Å². The fourth-order valence-corrected chi connectivity index (χ4v) is 3.55. The molecule has 16 heavy (non-hydrogen) atoms. The fourth-order valence-electron chi connectivity index (χ4n) is 3.55. The molecule has 2 bridgehead atoms. The van der Waals surface area contributed by atoms with Gasteiger partial charge in [0, 0.05) is 24.5 Å². The molecule has 1 aromatic heterocycles. The summed E-state index contributed by atoms with van der Waals surface area (Å²) in [5.41, 5.74) is 3.12. The van der Waals surface area contributed by atoms with Gasteiger partial charge in [0.25, 0.3) is 0 Å². The van der Waals surface area contributed by atoms with E-state index >= 15 is 0 Å². The van der Waals surface area contributed by atoms with Gasteiger partial charge >= 0.3 is 0 Å². The smallest absolute Gasteiger partial charge is 0.0691 e. The molecular weight excluding hydrogens is 200 g/mol. The van der Waals surface area contributed by atoms with E-state index in [0.717, 1.165) is 13.2 Å². The maximum absolute atomic E-state index is 5.74. The minimum atomic E-state index is 0.139. The second-order valence-electron chi connectivity index (χ2n) is 5.49. The lowest BCUT2D eigenvalue weighted by Crippen LogP contribution is -2.50. The van der Waals surface area contributed by atoms with Gasteiger partial charge in [-0.1, -0.05) is 0 Å². The summed E-state index contributed by atoms with van der Waals surface area (Å²) in [5, 5.41) is 3.77. The average Bonchev–Trinajstić information content (AvgIpc) is 2.92. The predicted octanol–water partition coefficient (Wildman–Crippen LogP) is 1.41. The Morgan fingerprint density at radius 2 is 2.50 bits per heavy atom. The topological polar surface area (TPSA) is 26.2 Å². The number of rotatable bonds is 1. The molecule has 3 aliphatic heterocycles. The molecule has 0 radical (unpaired) electrons. The van der Waals surface area contributed by atoms with Crippen LogP contribution in [-0.2, 0) is 23.2 Å². The number of fused-ring (bicyclic) bond motifs is 3. The molecule has 2 atom stereocenters. The first-order chi connectivity index (χ1) is 7.86. The maximum atomic E-state index is 5.74. The summed E-state index contributed by atoms with van der Waals surface area (Å²) >= 11 is 0. The Balaban J connectivity index is 1.73. The van der Waals surface area contributed by atoms with Crippen LogP contribution in [0.5, 0.6) is 0 Å². The second kappa shape index (κ2) is 3.11. The molecule has 2 saturated heterocycles. The number of nitrogens with zero attached hydrogens (tertiary/aromatic N) is 1. The summed E-state index contributed by atoms with van der Waals surface area (Å²) in [6.07, 6.45) is 7.42. The molecule has 3 nitrogen and oxygen atoms in total. The van der Waals surface area contributed by atoms with Crippen molar-refractivity contribution in [2.75, 3.05) is 13.2 Å². The monoisotopic (exact) mass is 218 g/mol. The summed E-state index contributed by atoms with van der Waals surface area (Å²) < 4.78 is 8.17. The van der Waals surface area contributed by atoms with Gasteiger partial charge in [-0.05, 0) is 37.3 Å². The van der Waals surface area contributed by atoms with Gasteiger partial charge in [-0.3, -0.25) is 0 Å². The number of hydrogen-bond donors (Lipinski definition) is 1. The quantitative estimate of drug-likeness (QED) is 0.771. The number of hydrogen-bond acceptors (Lipinski definition) is 2. The number of ether oxygens (including phenoxy) is 1. The molecule has 2 unspecified atom stereocenters. The van der Waals surface area contributed by atoms with Crippen LogP contribution in [0.15, 0.2) is 12.3 Å². The van der Waals surface area contributed by atoms with E-state index in [-0.39, 0.29) is 5.54 Å². The lowest BCUT2D eigenvalue weighted by molar-refractivity contribution is 0.0288. The third-order valence-electron chi connectivity index (χ3n) is 4.44. The van der Waals surface area contributed by atoms with Gasteiger partial charge in [0.1, 0.15) is 0 Å². The fraction of sp³-hybridized carbons (Fsp3) is 0.692. The van der Waals surface area contributed by atoms with E-state index in [4.69, 9.17) is 4.74 Å². The highest BCUT2D eigenvalue weighted by Crippen LogP contribution is 2.38. The van der Waals surface area contributed by atoms with Crippen molar-refractivity contribution in [3.05, 3.63) is 23.5 Å². The Bertz CT molecular complexity index is 400. The SMILES string of the molecule is c1c(C23CCC(COC2)N3)cn2c1CCC2. The van der Waals surface area contributed by atoms with E-state index in [1.165, 1.54) is 43.5 Å². The summed E-state index contributed by atoms with van der Waals surface area (Å²) in [6, 6.07) is 2.99. The Labute approximate surface area is 95.8 Å². The van der Waals surface area contributed by atoms with Crippen LogP contribution in [0.25, 0.3) is 0 Å². The van der Waals surface area contributed by atoms with Crippen molar-refractivity contribution in [2.45, 2.75) is 43.8 Å². The predicted molar refractivity (Wildman–Crippen MR) is 61.4 cm³/mol. The molecule has 3 aliphatic rings. The van der Waals surface area contributed by atoms with Crippen LogP contribution in [0, 0.1) is 0 Å². The molecule has 1 N–H and O–H groups in total. The van der Waals surface area contributed by atoms with Gasteiger partial charge in [-0.2, -0.15) is 0 Å². The first-order valence-corrected chi connectivity index (χ1v) is 6.41. The average molecular weight is 218 g/mol. The van der Waals surface area contributed by atoms with Crippen molar-refractivity contribution in [1.82, 2.24) is 9.88 Å². The zero-order valence-electron chi connectivity index (χ0n) is 9.54. The molecule has 0 aromatic carbocycles. The minimum Gasteiger partial charge on any atom is -0.378 e. The largest absolute Gasteiger partial charge is 0.378 e. The molecule has 0 amide bonds. The van der Waals surface area contributed by atoms with E-state index in [1.807, 2.05) is 0 Å². The molecule has 3 heteroatoms. The van der Waals surface area contributed by atoms with Crippen molar-refractivity contribution >= 4 is 0 Å². The van der Waals surface area contributed by atoms with E-state index < -0.39 is 0 Å². The minimum absolute atomic E-state index is 0.139. The molecule has 2 fully saturated rings. The molecule has 86 valence electrons. The third kappa shape index (κ3) is 1.16. The van der Waals surface area contributed by atoms with E-state index in [9.17, 15) is 0 Å². The molecule has 0 saturated carbocycles. The van der Waals surface area contributed by atoms with E-state index in [1.54, 1.807) is 0 Å². The van der Waals surface area contributed by atoms with E-state index in [0.29, 0.717) is 6.04 Å². The standard InChI is InChI=1S/C13H18N2O/c1-2-12-6-10(7-15(12)5-1)13-4-3-11(14-13)8-16-9-13/h6-7,11,14H,1-5,8-9H2. The van der Waals surface area contributed by atoms with Gasteiger partial charge < -0.3 is 14.6 Å². The van der Waals surface area contributed by atoms with Gasteiger partial charge in [-0.25, -0.2) is 0 Å². The summed E-state index contributed by atoms with van der Waals surface area (Å²) in [6.45, 7) is 2.96. The van der Waals surface area contributed by atoms with Crippen LogP contribution in [-0.4, -0.2) is 23.8 Å². The molecule has 0 aliphatic carbocycles. The van der Waals surface area contributed by atoms with Crippen LogP contribution in [0.2, 0.25) is 0 Å². The number of morpholine rings is 1. The van der Waals surface area contributed by atoms with Gasteiger partial charge in [0.2, 0.25) is 0 Å². The number of aromatic nitrogens is 1. The Morgan fingerprint density at radius 3 is 3.44 bits per heavy atom.